The average Bonchev–Trinajstić information content (AvgIpc) is 2.69. The molecule has 0 bridgehead atoms. The highest BCUT2D eigenvalue weighted by Crippen LogP contribution is 2.67. The molecule has 4 rings (SSSR count). The van der Waals surface area contributed by atoms with Gasteiger partial charge >= 0.3 is 0 Å². The smallest absolute Gasteiger partial charge is 0.133 e. The van der Waals surface area contributed by atoms with E-state index in [4.69, 9.17) is 0 Å². The van der Waals surface area contributed by atoms with Gasteiger partial charge in [-0.15, -0.1) is 0 Å². The highest BCUT2D eigenvalue weighted by Gasteiger charge is 2.65. The Morgan fingerprint density at radius 3 is 2.57 bits per heavy atom. The molecular weight excluding hydrogens is 288 g/mol. The van der Waals surface area contributed by atoms with Crippen LogP contribution in [0.4, 0.5) is 0 Å². The van der Waals surface area contributed by atoms with E-state index in [1.807, 2.05) is 6.92 Å². The van der Waals surface area contributed by atoms with Crippen LogP contribution in [0.5, 0.6) is 0 Å². The molecule has 0 aromatic rings. The number of rotatable bonds is 0. The lowest BCUT2D eigenvalue weighted by Gasteiger charge is -2.62. The molecule has 4 aliphatic carbocycles. The van der Waals surface area contributed by atoms with Crippen LogP contribution in [0, 0.1) is 34.5 Å². The Bertz CT molecular complexity index is 527. The van der Waals surface area contributed by atoms with Crippen LogP contribution >= 0.6 is 0 Å². The van der Waals surface area contributed by atoms with Gasteiger partial charge in [-0.3, -0.25) is 4.79 Å². The van der Waals surface area contributed by atoms with Gasteiger partial charge in [-0.05, 0) is 74.5 Å². The number of hydrogen-bond acceptors (Lipinski definition) is 3. The molecule has 3 heteroatoms. The number of aliphatic hydroxyl groups is 2. The Morgan fingerprint density at radius 1 is 1.09 bits per heavy atom. The SMILES string of the molecule is CC12CCC(=O)CC1CCC1C2[C@H](O)CC2(C)C1CC[C@]2(C)O. The van der Waals surface area contributed by atoms with Gasteiger partial charge in [-0.25, -0.2) is 0 Å². The maximum atomic E-state index is 11.9. The van der Waals surface area contributed by atoms with Crippen LogP contribution in [0.25, 0.3) is 0 Å². The molecule has 0 amide bonds. The summed E-state index contributed by atoms with van der Waals surface area (Å²) in [6.07, 6.45) is 6.99. The molecule has 130 valence electrons. The maximum Gasteiger partial charge on any atom is 0.133 e. The largest absolute Gasteiger partial charge is 0.393 e. The fourth-order valence-corrected chi connectivity index (χ4v) is 7.39. The summed E-state index contributed by atoms with van der Waals surface area (Å²) in [5, 5.41) is 22.1. The van der Waals surface area contributed by atoms with Crippen molar-refractivity contribution in [3.05, 3.63) is 0 Å². The second kappa shape index (κ2) is 4.82. The van der Waals surface area contributed by atoms with Gasteiger partial charge in [0.15, 0.2) is 0 Å². The number of ketones is 1. The predicted molar refractivity (Wildman–Crippen MR) is 88.7 cm³/mol. The van der Waals surface area contributed by atoms with Gasteiger partial charge in [0, 0.05) is 18.3 Å². The third-order valence-electron chi connectivity index (χ3n) is 8.98. The van der Waals surface area contributed by atoms with Crippen LogP contribution < -0.4 is 0 Å². The number of Topliss-reactive ketones (excluding diaryl/α,β-unsaturated/α-hetero) is 1. The minimum absolute atomic E-state index is 0.117. The van der Waals surface area contributed by atoms with Gasteiger partial charge in [-0.1, -0.05) is 13.8 Å². The lowest BCUT2D eigenvalue weighted by Crippen LogP contribution is -2.60. The molecule has 0 radical (unpaired) electrons. The molecule has 23 heavy (non-hydrogen) atoms. The van der Waals surface area contributed by atoms with Crippen LogP contribution in [0.3, 0.4) is 0 Å². The van der Waals surface area contributed by atoms with E-state index >= 15 is 0 Å². The van der Waals surface area contributed by atoms with Crippen molar-refractivity contribution in [3.8, 4) is 0 Å². The summed E-state index contributed by atoms with van der Waals surface area (Å²) < 4.78 is 0. The summed E-state index contributed by atoms with van der Waals surface area (Å²) in [5.41, 5.74) is -0.683. The van der Waals surface area contributed by atoms with Crippen molar-refractivity contribution in [1.29, 1.82) is 0 Å². The standard InChI is InChI=1S/C20H32O3/c1-18-8-6-13(21)10-12(18)4-5-14-15-7-9-20(3,23)19(15,2)11-16(22)17(14)18/h12,14-17,22-23H,4-11H2,1-3H3/t12?,14?,15?,16-,17?,18?,19?,20+/m1/s1. The first-order valence-electron chi connectivity index (χ1n) is 9.61. The van der Waals surface area contributed by atoms with Crippen molar-refractivity contribution >= 4 is 5.78 Å². The number of hydrogen-bond donors (Lipinski definition) is 2. The monoisotopic (exact) mass is 320 g/mol. The summed E-state index contributed by atoms with van der Waals surface area (Å²) in [6.45, 7) is 6.54. The Kier molecular flexibility index (Phi) is 3.37. The van der Waals surface area contributed by atoms with E-state index in [-0.39, 0.29) is 16.9 Å². The fourth-order valence-electron chi connectivity index (χ4n) is 7.39. The zero-order valence-electron chi connectivity index (χ0n) is 14.8. The van der Waals surface area contributed by atoms with Gasteiger partial charge < -0.3 is 10.2 Å². The first kappa shape index (κ1) is 16.1. The van der Waals surface area contributed by atoms with Crippen molar-refractivity contribution in [2.75, 3.05) is 0 Å². The van der Waals surface area contributed by atoms with Crippen molar-refractivity contribution in [1.82, 2.24) is 0 Å². The van der Waals surface area contributed by atoms with E-state index in [0.29, 0.717) is 35.9 Å². The van der Waals surface area contributed by atoms with E-state index in [2.05, 4.69) is 13.8 Å². The summed E-state index contributed by atoms with van der Waals surface area (Å²) >= 11 is 0. The normalized spacial score (nSPS) is 59.2. The second-order valence-corrected chi connectivity index (χ2v) is 9.82. The molecule has 4 saturated carbocycles. The van der Waals surface area contributed by atoms with Gasteiger partial charge in [0.25, 0.3) is 0 Å². The molecule has 0 aromatic heterocycles. The van der Waals surface area contributed by atoms with Crippen LogP contribution in [0.2, 0.25) is 0 Å². The third kappa shape index (κ3) is 1.99. The lowest BCUT2D eigenvalue weighted by atomic mass is 9.44. The van der Waals surface area contributed by atoms with Crippen molar-refractivity contribution in [3.63, 3.8) is 0 Å². The molecule has 0 saturated heterocycles. The highest BCUT2D eigenvalue weighted by molar-refractivity contribution is 5.79. The maximum absolute atomic E-state index is 11.9. The van der Waals surface area contributed by atoms with Crippen molar-refractivity contribution in [2.45, 2.75) is 83.8 Å². The Morgan fingerprint density at radius 2 is 1.83 bits per heavy atom. The van der Waals surface area contributed by atoms with Crippen LogP contribution in [0.1, 0.15) is 72.1 Å². The van der Waals surface area contributed by atoms with Crippen LogP contribution in [-0.4, -0.2) is 27.7 Å². The van der Waals surface area contributed by atoms with Gasteiger partial charge in [0.05, 0.1) is 11.7 Å². The molecule has 0 spiro atoms. The summed E-state index contributed by atoms with van der Waals surface area (Å²) in [6, 6.07) is 0. The highest BCUT2D eigenvalue weighted by atomic mass is 16.3. The third-order valence-corrected chi connectivity index (χ3v) is 8.98. The minimum Gasteiger partial charge on any atom is -0.393 e. The Balaban J connectivity index is 1.70. The predicted octanol–water partition coefficient (Wildman–Crippen LogP) is 3.32. The summed E-state index contributed by atoms with van der Waals surface area (Å²) in [5.74, 6) is 2.26. The minimum atomic E-state index is -0.649. The molecule has 3 nitrogen and oxygen atoms in total. The Labute approximate surface area is 139 Å². The molecular formula is C20H32O3. The van der Waals surface area contributed by atoms with Crippen LogP contribution in [-0.2, 0) is 4.79 Å². The second-order valence-electron chi connectivity index (χ2n) is 9.82. The topological polar surface area (TPSA) is 57.5 Å². The quantitative estimate of drug-likeness (QED) is 0.720. The molecule has 6 unspecified atom stereocenters. The molecule has 4 fully saturated rings. The number of fused-ring (bicyclic) bond motifs is 5. The van der Waals surface area contributed by atoms with E-state index in [9.17, 15) is 15.0 Å². The fraction of sp³-hybridized carbons (Fsp3) is 0.950. The van der Waals surface area contributed by atoms with E-state index in [1.165, 1.54) is 0 Å². The number of carbonyl (C=O) groups excluding carboxylic acids is 1. The number of aliphatic hydroxyl groups excluding tert-OH is 1. The van der Waals surface area contributed by atoms with Gasteiger partial charge in [0.2, 0.25) is 0 Å². The molecule has 0 heterocycles. The van der Waals surface area contributed by atoms with Gasteiger partial charge in [0.1, 0.15) is 5.78 Å². The first-order valence-corrected chi connectivity index (χ1v) is 9.61. The summed E-state index contributed by atoms with van der Waals surface area (Å²) in [4.78, 5) is 11.9. The van der Waals surface area contributed by atoms with Crippen LogP contribution in [0.15, 0.2) is 0 Å². The van der Waals surface area contributed by atoms with Crippen molar-refractivity contribution in [2.24, 2.45) is 34.5 Å². The first-order chi connectivity index (χ1) is 10.7. The van der Waals surface area contributed by atoms with Gasteiger partial charge in [-0.2, -0.15) is 0 Å². The zero-order valence-corrected chi connectivity index (χ0v) is 14.8. The Hall–Kier alpha value is -0.410. The molecule has 4 aliphatic rings. The summed E-state index contributed by atoms with van der Waals surface area (Å²) in [7, 11) is 0. The molecule has 0 aliphatic heterocycles. The number of carbonyl (C=O) groups is 1. The zero-order chi connectivity index (χ0) is 16.6. The lowest BCUT2D eigenvalue weighted by molar-refractivity contribution is -0.192. The molecule has 8 atom stereocenters. The molecule has 2 N–H and O–H groups in total. The molecule has 0 aromatic carbocycles. The van der Waals surface area contributed by atoms with E-state index in [1.54, 1.807) is 0 Å². The average molecular weight is 320 g/mol. The van der Waals surface area contributed by atoms with Crippen molar-refractivity contribution < 1.29 is 15.0 Å². The van der Waals surface area contributed by atoms with E-state index in [0.717, 1.165) is 44.9 Å². The van der Waals surface area contributed by atoms with E-state index < -0.39 is 5.60 Å².